The number of benzene rings is 2. The Labute approximate surface area is 153 Å². The van der Waals surface area contributed by atoms with Gasteiger partial charge in [-0.05, 0) is 56.1 Å². The van der Waals surface area contributed by atoms with Crippen LogP contribution in [0.15, 0.2) is 42.5 Å². The van der Waals surface area contributed by atoms with Crippen LogP contribution in [-0.2, 0) is 6.54 Å². The van der Waals surface area contributed by atoms with Crippen molar-refractivity contribution in [2.45, 2.75) is 32.7 Å². The third-order valence-electron chi connectivity index (χ3n) is 5.98. The number of hydrogen-bond donors (Lipinski definition) is 0. The number of rotatable bonds is 2. The molecule has 0 spiro atoms. The van der Waals surface area contributed by atoms with Gasteiger partial charge in [-0.2, -0.15) is 0 Å². The van der Waals surface area contributed by atoms with Crippen LogP contribution in [0.25, 0.3) is 22.7 Å². The van der Waals surface area contributed by atoms with Crippen molar-refractivity contribution < 1.29 is 4.39 Å². The highest BCUT2D eigenvalue weighted by Crippen LogP contribution is 2.42. The van der Waals surface area contributed by atoms with E-state index in [-0.39, 0.29) is 5.82 Å². The number of fused-ring (bicyclic) bond motifs is 6. The first-order valence-corrected chi connectivity index (χ1v) is 9.41. The van der Waals surface area contributed by atoms with E-state index < -0.39 is 0 Å². The number of hydrogen-bond acceptors (Lipinski definition) is 1. The van der Waals surface area contributed by atoms with Crippen LogP contribution >= 0.6 is 0 Å². The molecule has 2 aliphatic heterocycles. The van der Waals surface area contributed by atoms with Crippen molar-refractivity contribution in [3.63, 3.8) is 0 Å². The summed E-state index contributed by atoms with van der Waals surface area (Å²) in [5, 5.41) is 1.38. The number of aryl methyl sites for hydroxylation is 1. The van der Waals surface area contributed by atoms with Crippen LogP contribution in [0.2, 0.25) is 0 Å². The quantitative estimate of drug-likeness (QED) is 0.602. The highest BCUT2D eigenvalue weighted by atomic mass is 19.1. The molecule has 26 heavy (non-hydrogen) atoms. The van der Waals surface area contributed by atoms with Crippen LogP contribution in [0.5, 0.6) is 0 Å². The molecule has 0 aliphatic carbocycles. The minimum atomic E-state index is -0.161. The summed E-state index contributed by atoms with van der Waals surface area (Å²) in [6.07, 6.45) is 3.37. The van der Waals surface area contributed by atoms with Crippen molar-refractivity contribution in [2.24, 2.45) is 0 Å². The third-order valence-corrected chi connectivity index (χ3v) is 5.98. The van der Waals surface area contributed by atoms with Gasteiger partial charge in [0, 0.05) is 41.9 Å². The zero-order chi connectivity index (χ0) is 17.8. The lowest BCUT2D eigenvalue weighted by atomic mass is 9.93. The Hall–Kier alpha value is -2.39. The molecule has 1 aromatic heterocycles. The first-order valence-electron chi connectivity index (χ1n) is 9.41. The highest BCUT2D eigenvalue weighted by Gasteiger charge is 2.35. The van der Waals surface area contributed by atoms with Crippen LogP contribution in [0, 0.1) is 12.7 Å². The second kappa shape index (κ2) is 5.82. The topological polar surface area (TPSA) is 8.17 Å². The molecular weight excluding hydrogens is 323 g/mol. The zero-order valence-electron chi connectivity index (χ0n) is 15.3. The average Bonchev–Trinajstić information content (AvgIpc) is 3.14. The summed E-state index contributed by atoms with van der Waals surface area (Å²) in [7, 11) is 0. The van der Waals surface area contributed by atoms with E-state index in [2.05, 4.69) is 40.8 Å². The van der Waals surface area contributed by atoms with Gasteiger partial charge in [0.15, 0.2) is 0 Å². The summed E-state index contributed by atoms with van der Waals surface area (Å²) in [6.45, 7) is 7.51. The lowest BCUT2D eigenvalue weighted by Gasteiger charge is -2.24. The Kier molecular flexibility index (Phi) is 3.54. The zero-order valence-corrected chi connectivity index (χ0v) is 15.3. The van der Waals surface area contributed by atoms with Crippen LogP contribution in [0.4, 0.5) is 4.39 Å². The molecule has 2 nitrogen and oxygen atoms in total. The maximum atomic E-state index is 14.3. The Bertz CT molecular complexity index is 1040. The van der Waals surface area contributed by atoms with Gasteiger partial charge in [0.1, 0.15) is 5.82 Å². The van der Waals surface area contributed by atoms with E-state index in [1.165, 1.54) is 53.3 Å². The van der Waals surface area contributed by atoms with E-state index in [9.17, 15) is 4.39 Å². The van der Waals surface area contributed by atoms with Crippen molar-refractivity contribution in [1.82, 2.24) is 9.47 Å². The molecule has 2 aromatic carbocycles. The molecule has 3 heterocycles. The molecule has 2 atom stereocenters. The summed E-state index contributed by atoms with van der Waals surface area (Å²) in [5.41, 5.74) is 7.08. The fourth-order valence-corrected chi connectivity index (χ4v) is 4.74. The highest BCUT2D eigenvalue weighted by molar-refractivity contribution is 5.91. The number of halogens is 1. The van der Waals surface area contributed by atoms with Gasteiger partial charge in [-0.1, -0.05) is 29.8 Å². The van der Waals surface area contributed by atoms with Crippen molar-refractivity contribution in [3.05, 3.63) is 70.7 Å². The Morgan fingerprint density at radius 1 is 1.19 bits per heavy atom. The molecule has 1 fully saturated rings. The van der Waals surface area contributed by atoms with E-state index in [1.807, 2.05) is 19.1 Å². The molecule has 0 N–H and O–H groups in total. The molecule has 2 bridgehead atoms. The van der Waals surface area contributed by atoms with Crippen molar-refractivity contribution in [3.8, 4) is 0 Å². The third kappa shape index (κ3) is 2.34. The molecule has 1 saturated heterocycles. The predicted molar refractivity (Wildman–Crippen MR) is 106 cm³/mol. The minimum absolute atomic E-state index is 0.161. The van der Waals surface area contributed by atoms with Crippen molar-refractivity contribution >= 4 is 22.7 Å². The predicted octanol–water partition coefficient (Wildman–Crippen LogP) is 5.41. The van der Waals surface area contributed by atoms with E-state index >= 15 is 0 Å². The Balaban J connectivity index is 1.75. The fourth-order valence-electron chi connectivity index (χ4n) is 4.74. The molecule has 0 saturated carbocycles. The number of allylic oxidation sites excluding steroid dienone is 1. The molecule has 3 heteroatoms. The lowest BCUT2D eigenvalue weighted by Crippen LogP contribution is -2.25. The van der Waals surface area contributed by atoms with Gasteiger partial charge >= 0.3 is 0 Å². The van der Waals surface area contributed by atoms with Gasteiger partial charge < -0.3 is 4.57 Å². The minimum Gasteiger partial charge on any atom is -0.318 e. The van der Waals surface area contributed by atoms with Crippen LogP contribution < -0.4 is 0 Å². The summed E-state index contributed by atoms with van der Waals surface area (Å²) in [5.74, 6) is 0.470. The molecule has 3 aromatic rings. The summed E-state index contributed by atoms with van der Waals surface area (Å²) < 4.78 is 16.6. The van der Waals surface area contributed by atoms with Gasteiger partial charge in [0.25, 0.3) is 0 Å². The van der Waals surface area contributed by atoms with Gasteiger partial charge in [0.2, 0.25) is 0 Å². The summed E-state index contributed by atoms with van der Waals surface area (Å²) >= 11 is 0. The van der Waals surface area contributed by atoms with Gasteiger partial charge in [0.05, 0.1) is 5.52 Å². The SMILES string of the molecule is C/C(=C/n1c2c(c3cc(C)ccc31)C1CCN(C2)C1)c1ccccc1F. The standard InChI is InChI=1S/C23H23FN2/c1-15-7-8-21-19(11-15)23-17-9-10-25(13-17)14-22(23)26(21)12-16(2)18-5-3-4-6-20(18)24/h3-8,11-12,17H,9-10,13-14H2,1-2H3/b16-12-. The Morgan fingerprint density at radius 3 is 2.88 bits per heavy atom. The van der Waals surface area contributed by atoms with E-state index in [0.29, 0.717) is 11.5 Å². The summed E-state index contributed by atoms with van der Waals surface area (Å²) in [6, 6.07) is 13.8. The second-order valence-electron chi connectivity index (χ2n) is 7.76. The monoisotopic (exact) mass is 346 g/mol. The molecule has 5 rings (SSSR count). The van der Waals surface area contributed by atoms with Crippen molar-refractivity contribution in [1.29, 1.82) is 0 Å². The summed E-state index contributed by atoms with van der Waals surface area (Å²) in [4.78, 5) is 2.54. The molecule has 132 valence electrons. The van der Waals surface area contributed by atoms with Crippen LogP contribution in [0.3, 0.4) is 0 Å². The molecule has 2 unspecified atom stereocenters. The second-order valence-corrected chi connectivity index (χ2v) is 7.76. The normalized spacial score (nSPS) is 22.0. The maximum Gasteiger partial charge on any atom is 0.130 e. The average molecular weight is 346 g/mol. The molecule has 2 aliphatic rings. The molecule has 0 amide bonds. The van der Waals surface area contributed by atoms with Gasteiger partial charge in [-0.15, -0.1) is 0 Å². The van der Waals surface area contributed by atoms with Crippen molar-refractivity contribution in [2.75, 3.05) is 13.1 Å². The smallest absolute Gasteiger partial charge is 0.130 e. The number of aromatic nitrogens is 1. The first-order chi connectivity index (χ1) is 12.6. The van der Waals surface area contributed by atoms with E-state index in [1.54, 1.807) is 6.07 Å². The molecule has 0 radical (unpaired) electrons. The fraction of sp³-hybridized carbons (Fsp3) is 0.304. The van der Waals surface area contributed by atoms with E-state index in [0.717, 1.165) is 12.1 Å². The van der Waals surface area contributed by atoms with Crippen LogP contribution in [-0.4, -0.2) is 22.6 Å². The van der Waals surface area contributed by atoms with Gasteiger partial charge in [-0.3, -0.25) is 4.90 Å². The Morgan fingerprint density at radius 2 is 2.04 bits per heavy atom. The lowest BCUT2D eigenvalue weighted by molar-refractivity contribution is 0.308. The molecular formula is C23H23FN2. The van der Waals surface area contributed by atoms with Crippen LogP contribution in [0.1, 0.15) is 41.6 Å². The first kappa shape index (κ1) is 15.8. The van der Waals surface area contributed by atoms with Gasteiger partial charge in [-0.25, -0.2) is 4.39 Å². The largest absolute Gasteiger partial charge is 0.318 e. The maximum absolute atomic E-state index is 14.3. The van der Waals surface area contributed by atoms with E-state index in [4.69, 9.17) is 0 Å². The number of nitrogens with zero attached hydrogens (tertiary/aromatic N) is 2.